The molecule has 0 saturated carbocycles. The number of hydrogen-bond donors (Lipinski definition) is 1. The van der Waals surface area contributed by atoms with Crippen LogP contribution in [0.2, 0.25) is 0 Å². The van der Waals surface area contributed by atoms with Gasteiger partial charge < -0.3 is 5.32 Å². The summed E-state index contributed by atoms with van der Waals surface area (Å²) in [4.78, 5) is 0. The van der Waals surface area contributed by atoms with Crippen LogP contribution in [0.4, 0.5) is 0 Å². The van der Waals surface area contributed by atoms with E-state index in [1.807, 2.05) is 0 Å². The maximum atomic E-state index is 4.91. The summed E-state index contributed by atoms with van der Waals surface area (Å²) in [6, 6.07) is 0. The zero-order valence-corrected chi connectivity index (χ0v) is 12.0. The molecule has 0 amide bonds. The molecule has 1 aliphatic rings. The summed E-state index contributed by atoms with van der Waals surface area (Å²) in [7, 11) is 0. The lowest BCUT2D eigenvalue weighted by molar-refractivity contribution is 0.332. The van der Waals surface area contributed by atoms with E-state index < -0.39 is 0 Å². The van der Waals surface area contributed by atoms with E-state index in [2.05, 4.69) is 51.5 Å². The molecule has 1 aromatic heterocycles. The van der Waals surface area contributed by atoms with E-state index in [4.69, 9.17) is 5.10 Å². The lowest BCUT2D eigenvalue weighted by atomic mass is 9.87. The van der Waals surface area contributed by atoms with Crippen molar-refractivity contribution in [3.63, 3.8) is 0 Å². The Balaban J connectivity index is 2.60. The molecule has 0 radical (unpaired) electrons. The highest BCUT2D eigenvalue weighted by Gasteiger charge is 2.30. The van der Waals surface area contributed by atoms with Crippen LogP contribution in [0.25, 0.3) is 0 Å². The molecular weight excluding hydrogens is 210 g/mol. The van der Waals surface area contributed by atoms with Gasteiger partial charge in [0.05, 0.1) is 16.9 Å². The minimum atomic E-state index is 0.0621. The third-order valence-corrected chi connectivity index (χ3v) is 3.28. The van der Waals surface area contributed by atoms with Gasteiger partial charge in [-0.2, -0.15) is 5.10 Å². The molecule has 0 aliphatic carbocycles. The highest BCUT2D eigenvalue weighted by atomic mass is 15.3. The largest absolute Gasteiger partial charge is 0.311 e. The quantitative estimate of drug-likeness (QED) is 0.749. The Labute approximate surface area is 105 Å². The van der Waals surface area contributed by atoms with Gasteiger partial charge in [0.1, 0.15) is 0 Å². The van der Waals surface area contributed by atoms with Gasteiger partial charge in [-0.15, -0.1) is 0 Å². The van der Waals surface area contributed by atoms with Crippen LogP contribution < -0.4 is 5.32 Å². The van der Waals surface area contributed by atoms with Crippen LogP contribution in [-0.2, 0) is 23.9 Å². The Morgan fingerprint density at radius 3 is 2.29 bits per heavy atom. The molecule has 0 fully saturated rings. The number of nitrogens with one attached hydrogen (secondary N) is 1. The van der Waals surface area contributed by atoms with E-state index in [1.54, 1.807) is 0 Å². The maximum Gasteiger partial charge on any atom is 0.0714 e. The van der Waals surface area contributed by atoms with Crippen molar-refractivity contribution in [3.8, 4) is 0 Å². The first-order chi connectivity index (χ1) is 7.71. The lowest BCUT2D eigenvalue weighted by Crippen LogP contribution is -2.31. The number of hydrogen-bond acceptors (Lipinski definition) is 2. The Kier molecular flexibility index (Phi) is 2.85. The molecule has 96 valence electrons. The number of rotatable bonds is 0. The highest BCUT2D eigenvalue weighted by Crippen LogP contribution is 2.31. The topological polar surface area (TPSA) is 29.9 Å². The zero-order chi connectivity index (χ0) is 12.8. The molecule has 0 unspecified atom stereocenters. The van der Waals surface area contributed by atoms with Crippen molar-refractivity contribution < 1.29 is 0 Å². The number of fused-ring (bicyclic) bond motifs is 1. The fraction of sp³-hybridized carbons (Fsp3) is 0.786. The van der Waals surface area contributed by atoms with Gasteiger partial charge in [-0.3, -0.25) is 4.68 Å². The normalized spacial score (nSPS) is 17.1. The van der Waals surface area contributed by atoms with E-state index in [0.717, 1.165) is 19.5 Å². The van der Waals surface area contributed by atoms with Gasteiger partial charge in [-0.1, -0.05) is 20.8 Å². The van der Waals surface area contributed by atoms with Gasteiger partial charge in [-0.05, 0) is 39.3 Å². The van der Waals surface area contributed by atoms with Gasteiger partial charge in [0.2, 0.25) is 0 Å². The summed E-state index contributed by atoms with van der Waals surface area (Å²) in [5.74, 6) is 0. The molecule has 3 nitrogen and oxygen atoms in total. The molecule has 2 rings (SSSR count). The van der Waals surface area contributed by atoms with Gasteiger partial charge >= 0.3 is 0 Å². The van der Waals surface area contributed by atoms with Crippen LogP contribution in [-0.4, -0.2) is 16.3 Å². The first-order valence-corrected chi connectivity index (χ1v) is 6.54. The average Bonchev–Trinajstić information content (AvgIpc) is 2.55. The van der Waals surface area contributed by atoms with Crippen LogP contribution in [0.5, 0.6) is 0 Å². The van der Waals surface area contributed by atoms with E-state index in [1.165, 1.54) is 17.0 Å². The van der Waals surface area contributed by atoms with Crippen molar-refractivity contribution >= 4 is 0 Å². The molecule has 1 aromatic rings. The van der Waals surface area contributed by atoms with Crippen molar-refractivity contribution in [1.82, 2.24) is 15.1 Å². The second kappa shape index (κ2) is 3.84. The van der Waals surface area contributed by atoms with Crippen LogP contribution in [0.15, 0.2) is 0 Å². The predicted octanol–water partition coefficient (Wildman–Crippen LogP) is 2.58. The smallest absolute Gasteiger partial charge is 0.0714 e. The molecule has 17 heavy (non-hydrogen) atoms. The maximum absolute atomic E-state index is 4.91. The third kappa shape index (κ3) is 2.25. The third-order valence-electron chi connectivity index (χ3n) is 3.28. The van der Waals surface area contributed by atoms with Crippen LogP contribution >= 0.6 is 0 Å². The van der Waals surface area contributed by atoms with E-state index >= 15 is 0 Å². The van der Waals surface area contributed by atoms with E-state index in [9.17, 15) is 0 Å². The van der Waals surface area contributed by atoms with Crippen molar-refractivity contribution in [2.45, 2.75) is 65.5 Å². The van der Waals surface area contributed by atoms with Crippen molar-refractivity contribution in [3.05, 3.63) is 17.0 Å². The summed E-state index contributed by atoms with van der Waals surface area (Å²) in [6.07, 6.45) is 1.11. The van der Waals surface area contributed by atoms with Crippen LogP contribution in [0.1, 0.15) is 58.5 Å². The summed E-state index contributed by atoms with van der Waals surface area (Å²) < 4.78 is 2.22. The van der Waals surface area contributed by atoms with Gasteiger partial charge in [0, 0.05) is 12.0 Å². The molecule has 3 heteroatoms. The van der Waals surface area contributed by atoms with Crippen molar-refractivity contribution in [2.75, 3.05) is 6.54 Å². The Morgan fingerprint density at radius 2 is 1.76 bits per heavy atom. The number of nitrogens with zero attached hydrogens (tertiary/aromatic N) is 2. The molecular formula is C14H25N3. The SMILES string of the molecule is CC(C)(C)c1nn(C(C)(C)C)c2c1CCNC2. The fourth-order valence-corrected chi connectivity index (χ4v) is 2.51. The molecule has 0 aromatic carbocycles. The predicted molar refractivity (Wildman–Crippen MR) is 71.3 cm³/mol. The fourth-order valence-electron chi connectivity index (χ4n) is 2.51. The molecule has 1 aliphatic heterocycles. The zero-order valence-electron chi connectivity index (χ0n) is 12.0. The average molecular weight is 235 g/mol. The molecule has 0 spiro atoms. The summed E-state index contributed by atoms with van der Waals surface area (Å²) in [5, 5.41) is 8.37. The summed E-state index contributed by atoms with van der Waals surface area (Å²) >= 11 is 0. The Morgan fingerprint density at radius 1 is 1.12 bits per heavy atom. The standard InChI is InChI=1S/C14H25N3/c1-13(2,3)12-10-7-8-15-9-11(10)17(16-12)14(4,5)6/h15H,7-9H2,1-6H3. The minimum Gasteiger partial charge on any atom is -0.311 e. The highest BCUT2D eigenvalue weighted by molar-refractivity contribution is 5.33. The van der Waals surface area contributed by atoms with Crippen molar-refractivity contribution in [1.29, 1.82) is 0 Å². The van der Waals surface area contributed by atoms with Gasteiger partial charge in [-0.25, -0.2) is 0 Å². The van der Waals surface area contributed by atoms with E-state index in [-0.39, 0.29) is 11.0 Å². The van der Waals surface area contributed by atoms with Crippen molar-refractivity contribution in [2.24, 2.45) is 0 Å². The van der Waals surface area contributed by atoms with Crippen LogP contribution in [0, 0.1) is 0 Å². The Hall–Kier alpha value is -0.830. The first kappa shape index (κ1) is 12.6. The molecule has 0 atom stereocenters. The first-order valence-electron chi connectivity index (χ1n) is 6.54. The molecule has 2 heterocycles. The summed E-state index contributed by atoms with van der Waals surface area (Å²) in [6.45, 7) is 15.5. The number of aromatic nitrogens is 2. The molecule has 0 saturated heterocycles. The minimum absolute atomic E-state index is 0.0621. The monoisotopic (exact) mass is 235 g/mol. The van der Waals surface area contributed by atoms with Gasteiger partial charge in [0.25, 0.3) is 0 Å². The second-order valence-electron chi connectivity index (χ2n) is 7.03. The summed E-state index contributed by atoms with van der Waals surface area (Å²) in [5.41, 5.74) is 4.34. The van der Waals surface area contributed by atoms with E-state index in [0.29, 0.717) is 0 Å². The van der Waals surface area contributed by atoms with Gasteiger partial charge in [0.15, 0.2) is 0 Å². The Bertz CT molecular complexity index is 377. The second-order valence-corrected chi connectivity index (χ2v) is 7.03. The van der Waals surface area contributed by atoms with Crippen LogP contribution in [0.3, 0.4) is 0 Å². The molecule has 0 bridgehead atoms. The molecule has 1 N–H and O–H groups in total. The lowest BCUT2D eigenvalue weighted by Gasteiger charge is -2.24.